The van der Waals surface area contributed by atoms with Crippen molar-refractivity contribution >= 4 is 5.57 Å². The second-order valence-corrected chi connectivity index (χ2v) is 6.32. The van der Waals surface area contributed by atoms with Crippen molar-refractivity contribution < 1.29 is 8.78 Å². The minimum absolute atomic E-state index is 0.303. The second-order valence-electron chi connectivity index (χ2n) is 6.32. The van der Waals surface area contributed by atoms with Crippen molar-refractivity contribution in [1.82, 2.24) is 4.90 Å². The first-order chi connectivity index (χ1) is 12.6. The van der Waals surface area contributed by atoms with Crippen LogP contribution in [0.15, 0.2) is 84.9 Å². The van der Waals surface area contributed by atoms with E-state index in [9.17, 15) is 8.78 Å². The van der Waals surface area contributed by atoms with Crippen LogP contribution in [0.25, 0.3) is 5.57 Å². The van der Waals surface area contributed by atoms with Crippen molar-refractivity contribution in [2.24, 2.45) is 0 Å². The van der Waals surface area contributed by atoms with E-state index in [1.54, 1.807) is 12.1 Å². The van der Waals surface area contributed by atoms with E-state index in [4.69, 9.17) is 0 Å². The van der Waals surface area contributed by atoms with Gasteiger partial charge in [0.05, 0.1) is 0 Å². The first kappa shape index (κ1) is 18.0. The lowest BCUT2D eigenvalue weighted by atomic mass is 9.97. The van der Waals surface area contributed by atoms with E-state index < -0.39 is 0 Å². The zero-order valence-corrected chi connectivity index (χ0v) is 14.7. The summed E-state index contributed by atoms with van der Waals surface area (Å²) in [5.41, 5.74) is 3.53. The van der Waals surface area contributed by atoms with E-state index in [1.807, 2.05) is 43.5 Å². The van der Waals surface area contributed by atoms with Gasteiger partial charge >= 0.3 is 0 Å². The van der Waals surface area contributed by atoms with Crippen LogP contribution in [0.1, 0.15) is 16.7 Å². The van der Waals surface area contributed by atoms with E-state index in [0.29, 0.717) is 6.54 Å². The zero-order chi connectivity index (χ0) is 18.4. The molecule has 3 aromatic rings. The third kappa shape index (κ3) is 4.87. The second kappa shape index (κ2) is 8.54. The summed E-state index contributed by atoms with van der Waals surface area (Å²) in [6.45, 7) is 1.47. The summed E-state index contributed by atoms with van der Waals surface area (Å²) < 4.78 is 27.4. The van der Waals surface area contributed by atoms with Gasteiger partial charge in [0.25, 0.3) is 0 Å². The lowest BCUT2D eigenvalue weighted by Gasteiger charge is -2.16. The first-order valence-electron chi connectivity index (χ1n) is 8.56. The highest BCUT2D eigenvalue weighted by molar-refractivity contribution is 5.79. The standard InChI is InChI=1S/C23H21F2N/c1-26(17-18-7-3-2-4-8-18)14-13-23(19-9-5-11-21(24)15-19)20-10-6-12-22(25)16-20/h2-13,15-16H,14,17H2,1H3. The van der Waals surface area contributed by atoms with E-state index in [2.05, 4.69) is 17.0 Å². The minimum atomic E-state index is -0.303. The van der Waals surface area contributed by atoms with Crippen molar-refractivity contribution in [3.05, 3.63) is 113 Å². The molecule has 0 N–H and O–H groups in total. The lowest BCUT2D eigenvalue weighted by molar-refractivity contribution is 0.364. The molecule has 0 heterocycles. The van der Waals surface area contributed by atoms with Gasteiger partial charge in [-0.3, -0.25) is 4.90 Å². The Kier molecular flexibility index (Phi) is 5.92. The number of benzene rings is 3. The van der Waals surface area contributed by atoms with Crippen LogP contribution in [-0.2, 0) is 6.54 Å². The van der Waals surface area contributed by atoms with E-state index >= 15 is 0 Å². The summed E-state index contributed by atoms with van der Waals surface area (Å²) >= 11 is 0. The molecule has 0 fully saturated rings. The molecule has 0 aromatic heterocycles. The average molecular weight is 349 g/mol. The number of halogens is 2. The van der Waals surface area contributed by atoms with Gasteiger partial charge in [0, 0.05) is 13.1 Å². The highest BCUT2D eigenvalue weighted by Gasteiger charge is 2.08. The van der Waals surface area contributed by atoms with Gasteiger partial charge in [-0.05, 0) is 53.6 Å². The van der Waals surface area contributed by atoms with Crippen LogP contribution in [0.4, 0.5) is 8.78 Å². The third-order valence-corrected chi connectivity index (χ3v) is 4.17. The fraction of sp³-hybridized carbons (Fsp3) is 0.130. The summed E-state index contributed by atoms with van der Waals surface area (Å²) in [7, 11) is 2.03. The molecule has 0 atom stereocenters. The van der Waals surface area contributed by atoms with Gasteiger partial charge in [-0.1, -0.05) is 60.7 Å². The van der Waals surface area contributed by atoms with E-state index in [0.717, 1.165) is 23.2 Å². The quantitative estimate of drug-likeness (QED) is 0.566. The number of likely N-dealkylation sites (N-methyl/N-ethyl adjacent to an activating group) is 1. The Balaban J connectivity index is 1.86. The molecule has 0 aliphatic rings. The van der Waals surface area contributed by atoms with Crippen LogP contribution in [-0.4, -0.2) is 18.5 Å². The summed E-state index contributed by atoms with van der Waals surface area (Å²) in [5, 5.41) is 0. The smallest absolute Gasteiger partial charge is 0.123 e. The Hall–Kier alpha value is -2.78. The lowest BCUT2D eigenvalue weighted by Crippen LogP contribution is -2.18. The Morgan fingerprint density at radius 2 is 1.38 bits per heavy atom. The molecule has 0 spiro atoms. The molecule has 0 unspecified atom stereocenters. The summed E-state index contributed by atoms with van der Waals surface area (Å²) in [4.78, 5) is 2.16. The number of rotatable bonds is 6. The average Bonchev–Trinajstić information content (AvgIpc) is 2.63. The van der Waals surface area contributed by atoms with E-state index in [-0.39, 0.29) is 11.6 Å². The van der Waals surface area contributed by atoms with Crippen LogP contribution in [0.3, 0.4) is 0 Å². The van der Waals surface area contributed by atoms with Crippen LogP contribution in [0.5, 0.6) is 0 Å². The molecule has 1 nitrogen and oxygen atoms in total. The van der Waals surface area contributed by atoms with Crippen molar-refractivity contribution in [2.75, 3.05) is 13.6 Å². The van der Waals surface area contributed by atoms with Gasteiger partial charge in [0.1, 0.15) is 11.6 Å². The molecule has 3 aromatic carbocycles. The summed E-state index contributed by atoms with van der Waals surface area (Å²) in [6, 6.07) is 23.0. The van der Waals surface area contributed by atoms with Crippen molar-refractivity contribution in [3.8, 4) is 0 Å². The van der Waals surface area contributed by atoms with Crippen molar-refractivity contribution in [3.63, 3.8) is 0 Å². The highest BCUT2D eigenvalue weighted by atomic mass is 19.1. The molecule has 3 rings (SSSR count). The maximum Gasteiger partial charge on any atom is 0.123 e. The molecule has 0 radical (unpaired) electrons. The van der Waals surface area contributed by atoms with Gasteiger partial charge in [-0.2, -0.15) is 0 Å². The highest BCUT2D eigenvalue weighted by Crippen LogP contribution is 2.24. The predicted octanol–water partition coefficient (Wildman–Crippen LogP) is 5.53. The molecule has 0 bridgehead atoms. The van der Waals surface area contributed by atoms with Gasteiger partial charge < -0.3 is 0 Å². The predicted molar refractivity (Wildman–Crippen MR) is 103 cm³/mol. The van der Waals surface area contributed by atoms with Crippen LogP contribution in [0, 0.1) is 11.6 Å². The van der Waals surface area contributed by atoms with Crippen molar-refractivity contribution in [2.45, 2.75) is 6.54 Å². The van der Waals surface area contributed by atoms with Gasteiger partial charge in [-0.25, -0.2) is 8.78 Å². The molecule has 3 heteroatoms. The van der Waals surface area contributed by atoms with Gasteiger partial charge in [0.15, 0.2) is 0 Å². The molecule has 0 saturated carbocycles. The number of hydrogen-bond donors (Lipinski definition) is 0. The largest absolute Gasteiger partial charge is 0.298 e. The molecule has 0 aliphatic heterocycles. The Morgan fingerprint density at radius 1 is 0.808 bits per heavy atom. The monoisotopic (exact) mass is 349 g/mol. The Bertz CT molecular complexity index is 840. The fourth-order valence-electron chi connectivity index (χ4n) is 2.92. The zero-order valence-electron chi connectivity index (χ0n) is 14.7. The van der Waals surface area contributed by atoms with Crippen LogP contribution < -0.4 is 0 Å². The maximum atomic E-state index is 13.7. The SMILES string of the molecule is CN(CC=C(c1cccc(F)c1)c1cccc(F)c1)Cc1ccccc1. The number of hydrogen-bond acceptors (Lipinski definition) is 1. The molecule has 0 amide bonds. The fourth-order valence-corrected chi connectivity index (χ4v) is 2.92. The normalized spacial score (nSPS) is 10.8. The van der Waals surface area contributed by atoms with Gasteiger partial charge in [-0.15, -0.1) is 0 Å². The molecule has 0 saturated heterocycles. The maximum absolute atomic E-state index is 13.7. The minimum Gasteiger partial charge on any atom is -0.298 e. The van der Waals surface area contributed by atoms with Crippen LogP contribution >= 0.6 is 0 Å². The van der Waals surface area contributed by atoms with Crippen molar-refractivity contribution in [1.29, 1.82) is 0 Å². The summed E-state index contributed by atoms with van der Waals surface area (Å²) in [5.74, 6) is -0.607. The van der Waals surface area contributed by atoms with Gasteiger partial charge in [0.2, 0.25) is 0 Å². The molecule has 26 heavy (non-hydrogen) atoms. The first-order valence-corrected chi connectivity index (χ1v) is 8.56. The topological polar surface area (TPSA) is 3.24 Å². The Morgan fingerprint density at radius 3 is 1.92 bits per heavy atom. The Labute approximate surface area is 153 Å². The summed E-state index contributed by atoms with van der Waals surface area (Å²) in [6.07, 6.45) is 2.02. The van der Waals surface area contributed by atoms with Crippen LogP contribution in [0.2, 0.25) is 0 Å². The molecular formula is C23H21F2N. The molecular weight excluding hydrogens is 328 g/mol. The third-order valence-electron chi connectivity index (χ3n) is 4.17. The van der Waals surface area contributed by atoms with E-state index in [1.165, 1.54) is 29.8 Å². The molecule has 132 valence electrons. The molecule has 0 aliphatic carbocycles. The number of nitrogens with zero attached hydrogens (tertiary/aromatic N) is 1.